The van der Waals surface area contributed by atoms with Gasteiger partial charge < -0.3 is 0 Å². The molecule has 142 valence electrons. The van der Waals surface area contributed by atoms with Crippen molar-refractivity contribution in [3.8, 4) is 5.69 Å². The maximum absolute atomic E-state index is 12.2. The van der Waals surface area contributed by atoms with Gasteiger partial charge in [-0.1, -0.05) is 24.3 Å². The van der Waals surface area contributed by atoms with Crippen molar-refractivity contribution in [1.82, 2.24) is 36.0 Å². The van der Waals surface area contributed by atoms with E-state index in [-0.39, 0.29) is 0 Å². The highest BCUT2D eigenvalue weighted by Gasteiger charge is 2.07. The number of pyridine rings is 1. The highest BCUT2D eigenvalue weighted by Crippen LogP contribution is 2.16. The number of hydrogen-bond acceptors (Lipinski definition) is 6. The van der Waals surface area contributed by atoms with E-state index in [4.69, 9.17) is 0 Å². The lowest BCUT2D eigenvalue weighted by Gasteiger charge is -2.06. The summed E-state index contributed by atoms with van der Waals surface area (Å²) in [5.74, 6) is -0.904. The Bertz CT molecular complexity index is 1180. The summed E-state index contributed by atoms with van der Waals surface area (Å²) in [4.78, 5) is 28.6. The van der Waals surface area contributed by atoms with Crippen LogP contribution >= 0.6 is 0 Å². The predicted molar refractivity (Wildman–Crippen MR) is 106 cm³/mol. The van der Waals surface area contributed by atoms with E-state index < -0.39 is 11.8 Å². The predicted octanol–water partition coefficient (Wildman–Crippen LogP) is 1.68. The number of carbonyl (C=O) groups is 2. The van der Waals surface area contributed by atoms with E-state index in [1.54, 1.807) is 36.5 Å². The van der Waals surface area contributed by atoms with Crippen molar-refractivity contribution in [2.45, 2.75) is 0 Å². The fraction of sp³-hybridized carbons (Fsp3) is 0. The number of amides is 2. The van der Waals surface area contributed by atoms with Crippen LogP contribution in [0.5, 0.6) is 0 Å². The Hall–Kier alpha value is -4.40. The molecule has 2 aromatic heterocycles. The number of hydrazine groups is 1. The first kappa shape index (κ1) is 18.0. The molecule has 0 radical (unpaired) electrons. The molecule has 0 saturated carbocycles. The number of nitrogens with zero attached hydrogens (tertiary/aromatic N) is 5. The van der Waals surface area contributed by atoms with Crippen LogP contribution in [0.4, 0.5) is 0 Å². The molecule has 9 heteroatoms. The molecule has 0 spiro atoms. The monoisotopic (exact) mass is 385 g/mol. The van der Waals surface area contributed by atoms with E-state index in [2.05, 4.69) is 31.4 Å². The Morgan fingerprint density at radius 3 is 2.59 bits per heavy atom. The zero-order valence-corrected chi connectivity index (χ0v) is 15.1. The van der Waals surface area contributed by atoms with Crippen molar-refractivity contribution in [2.24, 2.45) is 0 Å². The van der Waals surface area contributed by atoms with Gasteiger partial charge >= 0.3 is 0 Å². The second-order valence-electron chi connectivity index (χ2n) is 6.00. The van der Waals surface area contributed by atoms with Crippen molar-refractivity contribution in [3.63, 3.8) is 0 Å². The minimum atomic E-state index is -0.461. The summed E-state index contributed by atoms with van der Waals surface area (Å²) < 4.78 is 1.47. The first-order valence-electron chi connectivity index (χ1n) is 8.66. The van der Waals surface area contributed by atoms with Crippen LogP contribution in [-0.2, 0) is 4.79 Å². The number of tetrazole rings is 1. The average Bonchev–Trinajstić information content (AvgIpc) is 3.31. The molecule has 0 aliphatic carbocycles. The van der Waals surface area contributed by atoms with Crippen LogP contribution in [0.1, 0.15) is 15.9 Å². The van der Waals surface area contributed by atoms with Gasteiger partial charge in [0.05, 0.1) is 11.2 Å². The third kappa shape index (κ3) is 4.14. The van der Waals surface area contributed by atoms with Crippen molar-refractivity contribution < 1.29 is 9.59 Å². The van der Waals surface area contributed by atoms with Crippen molar-refractivity contribution in [1.29, 1.82) is 0 Å². The summed E-state index contributed by atoms with van der Waals surface area (Å²) in [6.45, 7) is 0. The molecule has 0 aliphatic heterocycles. The summed E-state index contributed by atoms with van der Waals surface area (Å²) in [6, 6.07) is 16.1. The molecule has 0 fully saturated rings. The summed E-state index contributed by atoms with van der Waals surface area (Å²) in [5, 5.41) is 11.9. The highest BCUT2D eigenvalue weighted by molar-refractivity contribution is 5.99. The summed E-state index contributed by atoms with van der Waals surface area (Å²) >= 11 is 0. The molecule has 2 amide bonds. The lowest BCUT2D eigenvalue weighted by atomic mass is 10.1. The average molecular weight is 385 g/mol. The molecule has 0 atom stereocenters. The number of para-hydroxylation sites is 1. The molecule has 0 saturated heterocycles. The third-order valence-corrected chi connectivity index (χ3v) is 4.12. The number of carbonyl (C=O) groups excluding carboxylic acids is 2. The van der Waals surface area contributed by atoms with Gasteiger partial charge in [-0.2, -0.15) is 0 Å². The summed E-state index contributed by atoms with van der Waals surface area (Å²) in [5.41, 5.74) is 7.43. The van der Waals surface area contributed by atoms with Gasteiger partial charge in [0.1, 0.15) is 6.33 Å². The maximum Gasteiger partial charge on any atom is 0.269 e. The normalized spacial score (nSPS) is 10.9. The van der Waals surface area contributed by atoms with Crippen molar-refractivity contribution in [3.05, 3.63) is 84.3 Å². The standard InChI is InChI=1S/C20H15N7O2/c28-18(11-8-15-4-1-3-14-5-2-12-21-19(14)15)23-24-20(29)16-6-9-17(10-7-16)27-13-22-25-26-27/h1-13H,(H,23,28)(H,24,29)/b11-8+. The topological polar surface area (TPSA) is 115 Å². The SMILES string of the molecule is O=C(/C=C/c1cccc2cccnc12)NNC(=O)c1ccc(-n2cnnn2)cc1. The zero-order valence-electron chi connectivity index (χ0n) is 15.1. The number of rotatable bonds is 4. The van der Waals surface area contributed by atoms with Crippen LogP contribution in [0.3, 0.4) is 0 Å². The maximum atomic E-state index is 12.2. The third-order valence-electron chi connectivity index (χ3n) is 4.12. The van der Waals surface area contributed by atoms with Crippen LogP contribution in [-0.4, -0.2) is 37.0 Å². The number of aromatic nitrogens is 5. The second kappa shape index (κ2) is 8.09. The highest BCUT2D eigenvalue weighted by atomic mass is 16.2. The smallest absolute Gasteiger partial charge is 0.268 e. The Labute approximate surface area is 165 Å². The molecule has 0 aliphatic rings. The van der Waals surface area contributed by atoms with Gasteiger partial charge in [0.25, 0.3) is 11.8 Å². The zero-order chi connectivity index (χ0) is 20.1. The quantitative estimate of drug-likeness (QED) is 0.408. The van der Waals surface area contributed by atoms with Crippen molar-refractivity contribution in [2.75, 3.05) is 0 Å². The molecule has 0 unspecified atom stereocenters. The molecule has 9 nitrogen and oxygen atoms in total. The van der Waals surface area contributed by atoms with Gasteiger partial charge in [-0.05, 0) is 46.8 Å². The van der Waals surface area contributed by atoms with Gasteiger partial charge in [0.15, 0.2) is 0 Å². The van der Waals surface area contributed by atoms with E-state index in [0.29, 0.717) is 11.3 Å². The van der Waals surface area contributed by atoms with Crippen LogP contribution in [0.15, 0.2) is 73.2 Å². The summed E-state index contributed by atoms with van der Waals surface area (Å²) in [6.07, 6.45) is 6.14. The molecule has 0 bridgehead atoms. The lowest BCUT2D eigenvalue weighted by molar-refractivity contribution is -0.117. The molecule has 4 aromatic rings. The van der Waals surface area contributed by atoms with Crippen LogP contribution in [0.2, 0.25) is 0 Å². The number of hydrogen-bond donors (Lipinski definition) is 2. The summed E-state index contributed by atoms with van der Waals surface area (Å²) in [7, 11) is 0. The van der Waals surface area contributed by atoms with Gasteiger partial charge in [-0.3, -0.25) is 25.4 Å². The van der Waals surface area contributed by atoms with E-state index in [9.17, 15) is 9.59 Å². The first-order valence-corrected chi connectivity index (χ1v) is 8.66. The molecule has 29 heavy (non-hydrogen) atoms. The van der Waals surface area contributed by atoms with E-state index in [1.807, 2.05) is 30.3 Å². The Kier molecular flexibility index (Phi) is 5.02. The Morgan fingerprint density at radius 1 is 0.966 bits per heavy atom. The fourth-order valence-electron chi connectivity index (χ4n) is 2.71. The fourth-order valence-corrected chi connectivity index (χ4v) is 2.71. The van der Waals surface area contributed by atoms with Gasteiger partial charge in [0, 0.05) is 28.8 Å². The second-order valence-corrected chi connectivity index (χ2v) is 6.00. The molecule has 2 heterocycles. The molecule has 4 rings (SSSR count). The van der Waals surface area contributed by atoms with Gasteiger partial charge in [-0.15, -0.1) is 5.10 Å². The first-order chi connectivity index (χ1) is 14.2. The molecule has 2 N–H and O–H groups in total. The number of nitrogens with one attached hydrogen (secondary N) is 2. The van der Waals surface area contributed by atoms with Crippen molar-refractivity contribution >= 4 is 28.8 Å². The van der Waals surface area contributed by atoms with Crippen LogP contribution in [0.25, 0.3) is 22.7 Å². The Balaban J connectivity index is 1.36. The largest absolute Gasteiger partial charge is 0.269 e. The van der Waals surface area contributed by atoms with Gasteiger partial charge in [0.2, 0.25) is 0 Å². The number of fused-ring (bicyclic) bond motifs is 1. The van der Waals surface area contributed by atoms with E-state index in [1.165, 1.54) is 17.1 Å². The molecule has 2 aromatic carbocycles. The lowest BCUT2D eigenvalue weighted by Crippen LogP contribution is -2.40. The van der Waals surface area contributed by atoms with Crippen LogP contribution in [0, 0.1) is 0 Å². The van der Waals surface area contributed by atoms with E-state index in [0.717, 1.165) is 16.5 Å². The molecular weight excluding hydrogens is 370 g/mol. The number of benzene rings is 2. The van der Waals surface area contributed by atoms with Crippen LogP contribution < -0.4 is 10.9 Å². The Morgan fingerprint density at radius 2 is 1.79 bits per heavy atom. The minimum Gasteiger partial charge on any atom is -0.268 e. The van der Waals surface area contributed by atoms with E-state index >= 15 is 0 Å². The minimum absolute atomic E-state index is 0.379. The van der Waals surface area contributed by atoms with Gasteiger partial charge in [-0.25, -0.2) is 4.68 Å². The molecular formula is C20H15N7O2.